The molecular weight excluding hydrogens is 314 g/mol. The fourth-order valence-corrected chi connectivity index (χ4v) is 3.36. The Morgan fingerprint density at radius 3 is 2.55 bits per heavy atom. The molecule has 1 aromatic rings. The zero-order chi connectivity index (χ0) is 14.5. The maximum Gasteiger partial charge on any atom is 0.144 e. The van der Waals surface area contributed by atoms with Crippen LogP contribution in [0.2, 0.25) is 0 Å². The molecule has 1 fully saturated rings. The summed E-state index contributed by atoms with van der Waals surface area (Å²) in [5, 5.41) is 3.45. The van der Waals surface area contributed by atoms with E-state index in [4.69, 9.17) is 9.97 Å². The van der Waals surface area contributed by atoms with Crippen LogP contribution in [0.1, 0.15) is 82.7 Å². The average molecular weight is 340 g/mol. The van der Waals surface area contributed by atoms with Crippen LogP contribution < -0.4 is 5.32 Å². The monoisotopic (exact) mass is 339 g/mol. The molecule has 1 N–H and O–H groups in total. The predicted molar refractivity (Wildman–Crippen MR) is 88.4 cm³/mol. The van der Waals surface area contributed by atoms with Gasteiger partial charge in [0.15, 0.2) is 0 Å². The lowest BCUT2D eigenvalue weighted by atomic mass is 10.0. The SMILES string of the molecule is CCCNc1nc(C(C)CC)nc(C2CCCC2)c1Br. The van der Waals surface area contributed by atoms with Crippen LogP contribution in [-0.2, 0) is 0 Å². The molecule has 1 heterocycles. The van der Waals surface area contributed by atoms with Crippen molar-refractivity contribution in [3.8, 4) is 0 Å². The van der Waals surface area contributed by atoms with Crippen molar-refractivity contribution >= 4 is 21.7 Å². The van der Waals surface area contributed by atoms with Crippen molar-refractivity contribution in [1.29, 1.82) is 0 Å². The van der Waals surface area contributed by atoms with Gasteiger partial charge in [-0.3, -0.25) is 0 Å². The summed E-state index contributed by atoms with van der Waals surface area (Å²) in [6, 6.07) is 0. The summed E-state index contributed by atoms with van der Waals surface area (Å²) >= 11 is 3.74. The van der Waals surface area contributed by atoms with Crippen LogP contribution in [0.4, 0.5) is 5.82 Å². The van der Waals surface area contributed by atoms with Gasteiger partial charge in [0.25, 0.3) is 0 Å². The Hall–Kier alpha value is -0.640. The van der Waals surface area contributed by atoms with Gasteiger partial charge in [-0.05, 0) is 41.6 Å². The molecule has 2 rings (SSSR count). The van der Waals surface area contributed by atoms with Crippen molar-refractivity contribution in [1.82, 2.24) is 9.97 Å². The number of halogens is 1. The minimum Gasteiger partial charge on any atom is -0.369 e. The Morgan fingerprint density at radius 2 is 1.95 bits per heavy atom. The number of rotatable bonds is 6. The molecule has 0 saturated heterocycles. The van der Waals surface area contributed by atoms with E-state index in [9.17, 15) is 0 Å². The number of nitrogens with one attached hydrogen (secondary N) is 1. The smallest absolute Gasteiger partial charge is 0.144 e. The van der Waals surface area contributed by atoms with E-state index in [0.29, 0.717) is 11.8 Å². The molecule has 1 atom stereocenters. The molecule has 0 bridgehead atoms. The highest BCUT2D eigenvalue weighted by atomic mass is 79.9. The van der Waals surface area contributed by atoms with Gasteiger partial charge in [0, 0.05) is 18.4 Å². The van der Waals surface area contributed by atoms with Gasteiger partial charge < -0.3 is 5.32 Å². The second kappa shape index (κ2) is 7.39. The van der Waals surface area contributed by atoms with E-state index >= 15 is 0 Å². The van der Waals surface area contributed by atoms with E-state index in [2.05, 4.69) is 42.0 Å². The fraction of sp³-hybridized carbons (Fsp3) is 0.750. The first kappa shape index (κ1) is 15.7. The Morgan fingerprint density at radius 1 is 1.25 bits per heavy atom. The molecule has 0 aliphatic heterocycles. The third-order valence-corrected chi connectivity index (χ3v) is 5.01. The van der Waals surface area contributed by atoms with E-state index < -0.39 is 0 Å². The van der Waals surface area contributed by atoms with Crippen LogP contribution in [0.3, 0.4) is 0 Å². The predicted octanol–water partition coefficient (Wildman–Crippen LogP) is 5.23. The molecular formula is C16H26BrN3. The second-order valence-corrected chi connectivity index (χ2v) is 6.64. The molecule has 20 heavy (non-hydrogen) atoms. The second-order valence-electron chi connectivity index (χ2n) is 5.85. The maximum absolute atomic E-state index is 4.90. The Bertz CT molecular complexity index is 442. The van der Waals surface area contributed by atoms with E-state index in [1.807, 2.05) is 0 Å². The molecule has 4 heteroatoms. The third kappa shape index (κ3) is 3.51. The lowest BCUT2D eigenvalue weighted by Crippen LogP contribution is -2.12. The first-order valence-electron chi connectivity index (χ1n) is 7.98. The van der Waals surface area contributed by atoms with Crippen molar-refractivity contribution in [2.24, 2.45) is 0 Å². The van der Waals surface area contributed by atoms with Crippen molar-refractivity contribution in [3.63, 3.8) is 0 Å². The van der Waals surface area contributed by atoms with Gasteiger partial charge in [-0.1, -0.05) is 33.6 Å². The van der Waals surface area contributed by atoms with E-state index in [1.54, 1.807) is 0 Å². The van der Waals surface area contributed by atoms with E-state index in [-0.39, 0.29) is 0 Å². The van der Waals surface area contributed by atoms with Crippen molar-refractivity contribution in [2.75, 3.05) is 11.9 Å². The van der Waals surface area contributed by atoms with Gasteiger partial charge in [-0.15, -0.1) is 0 Å². The largest absolute Gasteiger partial charge is 0.369 e. The molecule has 1 saturated carbocycles. The van der Waals surface area contributed by atoms with Crippen LogP contribution in [0.25, 0.3) is 0 Å². The molecule has 0 spiro atoms. The van der Waals surface area contributed by atoms with Crippen LogP contribution in [0, 0.1) is 0 Å². The molecule has 1 unspecified atom stereocenters. The highest BCUT2D eigenvalue weighted by molar-refractivity contribution is 9.10. The van der Waals surface area contributed by atoms with Gasteiger partial charge in [0.1, 0.15) is 11.6 Å². The zero-order valence-electron chi connectivity index (χ0n) is 12.9. The maximum atomic E-state index is 4.90. The quantitative estimate of drug-likeness (QED) is 0.770. The summed E-state index contributed by atoms with van der Waals surface area (Å²) in [4.78, 5) is 9.64. The summed E-state index contributed by atoms with van der Waals surface area (Å²) in [6.45, 7) is 7.55. The van der Waals surface area contributed by atoms with E-state index in [0.717, 1.165) is 35.5 Å². The fourth-order valence-electron chi connectivity index (χ4n) is 2.72. The van der Waals surface area contributed by atoms with Gasteiger partial charge in [-0.2, -0.15) is 0 Å². The number of aromatic nitrogens is 2. The van der Waals surface area contributed by atoms with Crippen LogP contribution in [-0.4, -0.2) is 16.5 Å². The van der Waals surface area contributed by atoms with Crippen LogP contribution in [0.5, 0.6) is 0 Å². The number of hydrogen-bond acceptors (Lipinski definition) is 3. The lowest BCUT2D eigenvalue weighted by Gasteiger charge is -2.18. The van der Waals surface area contributed by atoms with Crippen molar-refractivity contribution in [3.05, 3.63) is 16.0 Å². The highest BCUT2D eigenvalue weighted by Crippen LogP contribution is 2.39. The first-order chi connectivity index (χ1) is 9.67. The summed E-state index contributed by atoms with van der Waals surface area (Å²) in [5.74, 6) is 3.01. The molecule has 0 aromatic carbocycles. The van der Waals surface area contributed by atoms with Crippen LogP contribution >= 0.6 is 15.9 Å². The topological polar surface area (TPSA) is 37.8 Å². The molecule has 1 aliphatic carbocycles. The molecule has 0 radical (unpaired) electrons. The Labute approximate surface area is 131 Å². The van der Waals surface area contributed by atoms with Gasteiger partial charge >= 0.3 is 0 Å². The average Bonchev–Trinajstić information content (AvgIpc) is 2.99. The molecule has 3 nitrogen and oxygen atoms in total. The summed E-state index contributed by atoms with van der Waals surface area (Å²) in [6.07, 6.45) is 7.38. The molecule has 1 aliphatic rings. The minimum absolute atomic E-state index is 0.422. The van der Waals surface area contributed by atoms with Gasteiger partial charge in [0.05, 0.1) is 10.2 Å². The standard InChI is InChI=1S/C16H26BrN3/c1-4-10-18-16-13(17)14(12-8-6-7-9-12)19-15(20-16)11(3)5-2/h11-12H,4-10H2,1-3H3,(H,18,19,20). The first-order valence-corrected chi connectivity index (χ1v) is 8.77. The summed E-state index contributed by atoms with van der Waals surface area (Å²) < 4.78 is 1.09. The Kier molecular flexibility index (Phi) is 5.82. The minimum atomic E-state index is 0.422. The highest BCUT2D eigenvalue weighted by Gasteiger charge is 2.24. The number of nitrogens with zero attached hydrogens (tertiary/aromatic N) is 2. The molecule has 1 aromatic heterocycles. The Balaban J connectivity index is 2.36. The normalized spacial score (nSPS) is 17.4. The summed E-state index contributed by atoms with van der Waals surface area (Å²) in [7, 11) is 0. The summed E-state index contributed by atoms with van der Waals surface area (Å²) in [5.41, 5.74) is 1.23. The molecule has 0 amide bonds. The van der Waals surface area contributed by atoms with Crippen molar-refractivity contribution < 1.29 is 0 Å². The lowest BCUT2D eigenvalue weighted by molar-refractivity contribution is 0.637. The number of anilines is 1. The van der Waals surface area contributed by atoms with Crippen LogP contribution in [0.15, 0.2) is 4.47 Å². The van der Waals surface area contributed by atoms with Crippen molar-refractivity contribution in [2.45, 2.75) is 71.1 Å². The van der Waals surface area contributed by atoms with Gasteiger partial charge in [0.2, 0.25) is 0 Å². The molecule has 112 valence electrons. The number of hydrogen-bond donors (Lipinski definition) is 1. The van der Waals surface area contributed by atoms with Gasteiger partial charge in [-0.25, -0.2) is 9.97 Å². The third-order valence-electron chi connectivity index (χ3n) is 4.23. The van der Waals surface area contributed by atoms with E-state index in [1.165, 1.54) is 31.4 Å². The zero-order valence-corrected chi connectivity index (χ0v) is 14.5.